The molecule has 0 aliphatic carbocycles. The molecule has 1 aromatic carbocycles. The van der Waals surface area contributed by atoms with Gasteiger partial charge in [-0.15, -0.1) is 0 Å². The summed E-state index contributed by atoms with van der Waals surface area (Å²) in [6.45, 7) is 7.70. The van der Waals surface area contributed by atoms with Crippen LogP contribution >= 0.6 is 0 Å². The monoisotopic (exact) mass is 291 g/mol. The maximum Gasteiger partial charge on any atom is 0.335 e. The van der Waals surface area contributed by atoms with Crippen molar-refractivity contribution in [2.45, 2.75) is 26.8 Å². The summed E-state index contributed by atoms with van der Waals surface area (Å²) in [5.41, 5.74) is 1.33. The molecule has 0 amide bonds. The van der Waals surface area contributed by atoms with Gasteiger partial charge in [0.25, 0.3) is 0 Å². The van der Waals surface area contributed by atoms with Gasteiger partial charge in [-0.1, -0.05) is 13.8 Å². The number of aromatic nitrogens is 2. The third-order valence-electron chi connectivity index (χ3n) is 3.77. The Bertz CT molecular complexity index is 683. The number of imidazole rings is 1. The van der Waals surface area contributed by atoms with Crippen LogP contribution in [0.5, 0.6) is 0 Å². The summed E-state index contributed by atoms with van der Waals surface area (Å²) in [7, 11) is 0. The summed E-state index contributed by atoms with van der Waals surface area (Å²) in [5, 5.41) is 9.05. The molecule has 0 radical (unpaired) electrons. The fourth-order valence-corrected chi connectivity index (χ4v) is 2.50. The lowest BCUT2D eigenvalue weighted by molar-refractivity contribution is 0.0697. The molecule has 0 spiro atoms. The standard InChI is InChI=1S/C15H21N3O3/c1-3-17(4-2)8-5-9-18-13-10-11(14(19)20)6-7-12(13)16-15(18)21/h6-7,10H,3-5,8-9H2,1-2H3,(H,16,21)(H,19,20). The van der Waals surface area contributed by atoms with Gasteiger partial charge in [-0.05, 0) is 44.3 Å². The van der Waals surface area contributed by atoms with E-state index in [1.807, 2.05) is 0 Å². The number of nitrogens with one attached hydrogen (secondary N) is 1. The number of hydrogen-bond acceptors (Lipinski definition) is 3. The summed E-state index contributed by atoms with van der Waals surface area (Å²) < 4.78 is 1.62. The highest BCUT2D eigenvalue weighted by atomic mass is 16.4. The first-order chi connectivity index (χ1) is 10.1. The van der Waals surface area contributed by atoms with Crippen molar-refractivity contribution in [1.82, 2.24) is 14.5 Å². The van der Waals surface area contributed by atoms with E-state index in [-0.39, 0.29) is 11.3 Å². The zero-order chi connectivity index (χ0) is 15.4. The fourth-order valence-electron chi connectivity index (χ4n) is 2.50. The first-order valence-electron chi connectivity index (χ1n) is 7.25. The van der Waals surface area contributed by atoms with E-state index in [1.54, 1.807) is 16.7 Å². The summed E-state index contributed by atoms with van der Waals surface area (Å²) in [6.07, 6.45) is 0.853. The molecule has 0 fully saturated rings. The van der Waals surface area contributed by atoms with Crippen molar-refractivity contribution < 1.29 is 9.90 Å². The van der Waals surface area contributed by atoms with Crippen LogP contribution in [-0.4, -0.2) is 45.2 Å². The van der Waals surface area contributed by atoms with E-state index in [4.69, 9.17) is 5.11 Å². The Kier molecular flexibility index (Phi) is 4.80. The van der Waals surface area contributed by atoms with E-state index >= 15 is 0 Å². The van der Waals surface area contributed by atoms with Crippen LogP contribution in [-0.2, 0) is 6.54 Å². The zero-order valence-corrected chi connectivity index (χ0v) is 12.4. The third-order valence-corrected chi connectivity index (χ3v) is 3.77. The lowest BCUT2D eigenvalue weighted by atomic mass is 10.2. The predicted molar refractivity (Wildman–Crippen MR) is 81.9 cm³/mol. The SMILES string of the molecule is CCN(CC)CCCn1c(=O)[nH]c2ccc(C(=O)O)cc21. The van der Waals surface area contributed by atoms with Crippen molar-refractivity contribution in [3.05, 3.63) is 34.2 Å². The maximum absolute atomic E-state index is 12.0. The number of aromatic amines is 1. The van der Waals surface area contributed by atoms with Gasteiger partial charge in [0.1, 0.15) is 0 Å². The first-order valence-corrected chi connectivity index (χ1v) is 7.25. The van der Waals surface area contributed by atoms with Crippen molar-refractivity contribution in [3.63, 3.8) is 0 Å². The minimum Gasteiger partial charge on any atom is -0.478 e. The second-order valence-corrected chi connectivity index (χ2v) is 5.00. The Morgan fingerprint density at radius 2 is 2.05 bits per heavy atom. The molecule has 114 valence electrons. The summed E-state index contributed by atoms with van der Waals surface area (Å²) >= 11 is 0. The minimum atomic E-state index is -0.986. The number of hydrogen-bond donors (Lipinski definition) is 2. The largest absolute Gasteiger partial charge is 0.478 e. The maximum atomic E-state index is 12.0. The second kappa shape index (κ2) is 6.58. The van der Waals surface area contributed by atoms with Crippen LogP contribution in [0.1, 0.15) is 30.6 Å². The fraction of sp³-hybridized carbons (Fsp3) is 0.467. The van der Waals surface area contributed by atoms with Crippen LogP contribution in [0.15, 0.2) is 23.0 Å². The third kappa shape index (κ3) is 3.33. The molecule has 0 bridgehead atoms. The molecule has 1 aromatic heterocycles. The lowest BCUT2D eigenvalue weighted by Gasteiger charge is -2.17. The lowest BCUT2D eigenvalue weighted by Crippen LogP contribution is -2.26. The number of H-pyrrole nitrogens is 1. The molecule has 0 unspecified atom stereocenters. The van der Waals surface area contributed by atoms with E-state index < -0.39 is 5.97 Å². The van der Waals surface area contributed by atoms with Crippen molar-refractivity contribution in [3.8, 4) is 0 Å². The van der Waals surface area contributed by atoms with E-state index in [1.165, 1.54) is 6.07 Å². The second-order valence-electron chi connectivity index (χ2n) is 5.00. The van der Waals surface area contributed by atoms with E-state index in [0.29, 0.717) is 17.6 Å². The zero-order valence-electron chi connectivity index (χ0n) is 12.4. The predicted octanol–water partition coefficient (Wildman–Crippen LogP) is 1.76. The Morgan fingerprint density at radius 1 is 1.33 bits per heavy atom. The van der Waals surface area contributed by atoms with Crippen molar-refractivity contribution in [1.29, 1.82) is 0 Å². The number of benzene rings is 1. The molecular weight excluding hydrogens is 270 g/mol. The molecule has 2 N–H and O–H groups in total. The molecule has 0 atom stereocenters. The normalized spacial score (nSPS) is 11.4. The molecule has 1 heterocycles. The summed E-state index contributed by atoms with van der Waals surface area (Å²) in [6, 6.07) is 4.69. The van der Waals surface area contributed by atoms with Crippen molar-refractivity contribution >= 4 is 17.0 Å². The molecule has 0 saturated heterocycles. The molecule has 0 aliphatic rings. The highest BCUT2D eigenvalue weighted by Crippen LogP contribution is 2.13. The average Bonchev–Trinajstić information content (AvgIpc) is 2.78. The van der Waals surface area contributed by atoms with Gasteiger partial charge < -0.3 is 15.0 Å². The van der Waals surface area contributed by atoms with Gasteiger partial charge in [0.15, 0.2) is 0 Å². The average molecular weight is 291 g/mol. The molecule has 0 saturated carbocycles. The number of aryl methyl sites for hydroxylation is 1. The molecule has 0 aliphatic heterocycles. The Morgan fingerprint density at radius 3 is 2.67 bits per heavy atom. The first kappa shape index (κ1) is 15.3. The van der Waals surface area contributed by atoms with Gasteiger partial charge in [0.2, 0.25) is 0 Å². The summed E-state index contributed by atoms with van der Waals surface area (Å²) in [4.78, 5) is 28.1. The number of rotatable bonds is 7. The van der Waals surface area contributed by atoms with Gasteiger partial charge >= 0.3 is 11.7 Å². The number of carboxylic acid groups (broad SMARTS) is 1. The van der Waals surface area contributed by atoms with Crippen LogP contribution in [0, 0.1) is 0 Å². The molecule has 2 aromatic rings. The van der Waals surface area contributed by atoms with Crippen LogP contribution in [0.25, 0.3) is 11.0 Å². The van der Waals surface area contributed by atoms with Gasteiger partial charge in [-0.25, -0.2) is 9.59 Å². The number of carbonyl (C=O) groups is 1. The van der Waals surface area contributed by atoms with Gasteiger partial charge in [-0.2, -0.15) is 0 Å². The molecule has 6 heteroatoms. The van der Waals surface area contributed by atoms with Crippen LogP contribution in [0.3, 0.4) is 0 Å². The highest BCUT2D eigenvalue weighted by Gasteiger charge is 2.10. The van der Waals surface area contributed by atoms with Crippen molar-refractivity contribution in [2.24, 2.45) is 0 Å². The van der Waals surface area contributed by atoms with Crippen molar-refractivity contribution in [2.75, 3.05) is 19.6 Å². The quantitative estimate of drug-likeness (QED) is 0.815. The van der Waals surface area contributed by atoms with E-state index in [2.05, 4.69) is 23.7 Å². The Labute approximate surface area is 123 Å². The topological polar surface area (TPSA) is 78.3 Å². The smallest absolute Gasteiger partial charge is 0.335 e. The van der Waals surface area contributed by atoms with Gasteiger partial charge in [0, 0.05) is 6.54 Å². The van der Waals surface area contributed by atoms with Gasteiger partial charge in [0.05, 0.1) is 16.6 Å². The number of fused-ring (bicyclic) bond motifs is 1. The molecular formula is C15H21N3O3. The number of nitrogens with zero attached hydrogens (tertiary/aromatic N) is 2. The Balaban J connectivity index is 2.22. The van der Waals surface area contributed by atoms with Crippen LogP contribution in [0.2, 0.25) is 0 Å². The minimum absolute atomic E-state index is 0.188. The van der Waals surface area contributed by atoms with E-state index in [0.717, 1.165) is 26.1 Å². The highest BCUT2D eigenvalue weighted by molar-refractivity contribution is 5.92. The number of carboxylic acids is 1. The Hall–Kier alpha value is -2.08. The molecule has 2 rings (SSSR count). The summed E-state index contributed by atoms with van der Waals surface area (Å²) in [5.74, 6) is -0.986. The van der Waals surface area contributed by atoms with E-state index in [9.17, 15) is 9.59 Å². The van der Waals surface area contributed by atoms with Crippen LogP contribution < -0.4 is 5.69 Å². The van der Waals surface area contributed by atoms with Gasteiger partial charge in [-0.3, -0.25) is 4.57 Å². The number of aromatic carboxylic acids is 1. The molecule has 6 nitrogen and oxygen atoms in total. The van der Waals surface area contributed by atoms with Crippen LogP contribution in [0.4, 0.5) is 0 Å². The molecule has 21 heavy (non-hydrogen) atoms.